The average Bonchev–Trinajstić information content (AvgIpc) is 2.66. The summed E-state index contributed by atoms with van der Waals surface area (Å²) in [6, 6.07) is 16.3. The monoisotopic (exact) mass is 404 g/mol. The molecule has 2 aromatic rings. The molecule has 144 valence electrons. The molecule has 2 aromatic carbocycles. The molecule has 0 aromatic heterocycles. The molecular formula is C22H26Cl2N2O. The fourth-order valence-corrected chi connectivity index (χ4v) is 4.34. The number of benzene rings is 2. The molecule has 0 bridgehead atoms. The zero-order valence-corrected chi connectivity index (χ0v) is 16.9. The lowest BCUT2D eigenvalue weighted by atomic mass is 9.90. The van der Waals surface area contributed by atoms with Crippen LogP contribution in [0.4, 0.5) is 0 Å². The lowest BCUT2D eigenvalue weighted by Gasteiger charge is -2.34. The SMILES string of the molecule is O=CNC(Cc1ccc(Cl)cc1Cl)CN1CCC(Cc2ccccc2)CC1. The maximum atomic E-state index is 11.1. The largest absolute Gasteiger partial charge is 0.354 e. The number of carbonyl (C=O) groups is 1. The standard InChI is InChI=1S/C22H26Cl2N2O/c23-20-7-6-19(22(24)14-20)13-21(25-16-27)15-26-10-8-18(9-11-26)12-17-4-2-1-3-5-17/h1-7,14,16,18,21H,8-13,15H2,(H,25,27). The van der Waals surface area contributed by atoms with E-state index in [1.807, 2.05) is 12.1 Å². The molecular weight excluding hydrogens is 379 g/mol. The van der Waals surface area contributed by atoms with Crippen LogP contribution in [0, 0.1) is 5.92 Å². The van der Waals surface area contributed by atoms with Crippen molar-refractivity contribution in [3.63, 3.8) is 0 Å². The highest BCUT2D eigenvalue weighted by Gasteiger charge is 2.22. The molecule has 1 aliphatic rings. The molecule has 0 radical (unpaired) electrons. The van der Waals surface area contributed by atoms with Gasteiger partial charge in [-0.3, -0.25) is 4.79 Å². The predicted molar refractivity (Wildman–Crippen MR) is 112 cm³/mol. The molecule has 27 heavy (non-hydrogen) atoms. The first-order chi connectivity index (χ1) is 13.1. The molecule has 1 atom stereocenters. The van der Waals surface area contributed by atoms with Crippen molar-refractivity contribution in [2.24, 2.45) is 5.92 Å². The first-order valence-electron chi connectivity index (χ1n) is 9.54. The Balaban J connectivity index is 1.51. The van der Waals surface area contributed by atoms with Crippen molar-refractivity contribution in [1.82, 2.24) is 10.2 Å². The zero-order chi connectivity index (χ0) is 19.1. The van der Waals surface area contributed by atoms with Gasteiger partial charge >= 0.3 is 0 Å². The van der Waals surface area contributed by atoms with Gasteiger partial charge in [0, 0.05) is 22.6 Å². The molecule has 1 aliphatic heterocycles. The predicted octanol–water partition coefficient (Wildman–Crippen LogP) is 4.61. The van der Waals surface area contributed by atoms with Crippen molar-refractivity contribution in [2.45, 2.75) is 31.7 Å². The summed E-state index contributed by atoms with van der Waals surface area (Å²) in [7, 11) is 0. The van der Waals surface area contributed by atoms with E-state index in [1.165, 1.54) is 18.4 Å². The van der Waals surface area contributed by atoms with Gasteiger partial charge in [0.1, 0.15) is 0 Å². The minimum atomic E-state index is 0.0480. The molecule has 1 unspecified atom stereocenters. The summed E-state index contributed by atoms with van der Waals surface area (Å²) in [5.74, 6) is 0.742. The number of halogens is 2. The van der Waals surface area contributed by atoms with E-state index in [4.69, 9.17) is 23.2 Å². The van der Waals surface area contributed by atoms with Crippen LogP contribution in [0.2, 0.25) is 10.0 Å². The second-order valence-electron chi connectivity index (χ2n) is 7.36. The van der Waals surface area contributed by atoms with E-state index >= 15 is 0 Å². The van der Waals surface area contributed by atoms with Crippen molar-refractivity contribution in [3.8, 4) is 0 Å². The molecule has 1 amide bonds. The van der Waals surface area contributed by atoms with Gasteiger partial charge in [0.2, 0.25) is 6.41 Å². The van der Waals surface area contributed by atoms with E-state index in [0.717, 1.165) is 43.9 Å². The van der Waals surface area contributed by atoms with E-state index in [2.05, 4.69) is 40.5 Å². The average molecular weight is 405 g/mol. The second kappa shape index (κ2) is 10.1. The van der Waals surface area contributed by atoms with Gasteiger partial charge in [0.25, 0.3) is 0 Å². The summed E-state index contributed by atoms with van der Waals surface area (Å²) in [6.07, 6.45) is 5.05. The Morgan fingerprint density at radius 1 is 1.11 bits per heavy atom. The molecule has 0 aliphatic carbocycles. The summed E-state index contributed by atoms with van der Waals surface area (Å²) in [4.78, 5) is 13.5. The Kier molecular flexibility index (Phi) is 7.57. The van der Waals surface area contributed by atoms with Gasteiger partial charge in [-0.2, -0.15) is 0 Å². The topological polar surface area (TPSA) is 32.3 Å². The quantitative estimate of drug-likeness (QED) is 0.651. The van der Waals surface area contributed by atoms with Crippen LogP contribution in [0.25, 0.3) is 0 Å². The van der Waals surface area contributed by atoms with Crippen LogP contribution >= 0.6 is 23.2 Å². The summed E-state index contributed by atoms with van der Waals surface area (Å²) in [6.45, 7) is 2.99. The first kappa shape index (κ1) is 20.2. The number of hydrogen-bond acceptors (Lipinski definition) is 2. The van der Waals surface area contributed by atoms with Crippen molar-refractivity contribution in [3.05, 3.63) is 69.7 Å². The number of likely N-dealkylation sites (tertiary alicyclic amines) is 1. The van der Waals surface area contributed by atoms with Gasteiger partial charge in [-0.25, -0.2) is 0 Å². The number of nitrogens with one attached hydrogen (secondary N) is 1. The molecule has 5 heteroatoms. The summed E-state index contributed by atoms with van der Waals surface area (Å²) >= 11 is 12.3. The first-order valence-corrected chi connectivity index (χ1v) is 10.3. The minimum Gasteiger partial charge on any atom is -0.354 e. The molecule has 1 N–H and O–H groups in total. The van der Waals surface area contributed by atoms with Crippen LogP contribution in [-0.2, 0) is 17.6 Å². The van der Waals surface area contributed by atoms with Gasteiger partial charge in [0.15, 0.2) is 0 Å². The van der Waals surface area contributed by atoms with Crippen LogP contribution in [0.3, 0.4) is 0 Å². The molecule has 0 spiro atoms. The van der Waals surface area contributed by atoms with E-state index in [0.29, 0.717) is 16.5 Å². The van der Waals surface area contributed by atoms with Crippen molar-refractivity contribution in [2.75, 3.05) is 19.6 Å². The van der Waals surface area contributed by atoms with E-state index < -0.39 is 0 Å². The van der Waals surface area contributed by atoms with Crippen LogP contribution in [0.1, 0.15) is 24.0 Å². The number of hydrogen-bond donors (Lipinski definition) is 1. The van der Waals surface area contributed by atoms with Crippen LogP contribution < -0.4 is 5.32 Å². The highest BCUT2D eigenvalue weighted by Crippen LogP contribution is 2.24. The van der Waals surface area contributed by atoms with Crippen LogP contribution in [0.5, 0.6) is 0 Å². The van der Waals surface area contributed by atoms with Crippen molar-refractivity contribution >= 4 is 29.6 Å². The number of nitrogens with zero attached hydrogens (tertiary/aromatic N) is 1. The molecule has 1 heterocycles. The smallest absolute Gasteiger partial charge is 0.207 e. The van der Waals surface area contributed by atoms with Gasteiger partial charge < -0.3 is 10.2 Å². The molecule has 1 saturated heterocycles. The Bertz CT molecular complexity index is 730. The van der Waals surface area contributed by atoms with Gasteiger partial charge in [-0.05, 0) is 68.0 Å². The number of carbonyl (C=O) groups excluding carboxylic acids is 1. The van der Waals surface area contributed by atoms with Gasteiger partial charge in [-0.15, -0.1) is 0 Å². The second-order valence-corrected chi connectivity index (χ2v) is 8.20. The molecule has 3 rings (SSSR count). The third-order valence-corrected chi connectivity index (χ3v) is 5.93. The van der Waals surface area contributed by atoms with Crippen molar-refractivity contribution < 1.29 is 4.79 Å². The summed E-state index contributed by atoms with van der Waals surface area (Å²) in [5.41, 5.74) is 2.44. The van der Waals surface area contributed by atoms with Crippen molar-refractivity contribution in [1.29, 1.82) is 0 Å². The summed E-state index contributed by atoms with van der Waals surface area (Å²) in [5, 5.41) is 4.24. The number of rotatable bonds is 8. The fraction of sp³-hybridized carbons (Fsp3) is 0.409. The third kappa shape index (κ3) is 6.24. The maximum absolute atomic E-state index is 11.1. The fourth-order valence-electron chi connectivity index (χ4n) is 3.86. The lowest BCUT2D eigenvalue weighted by Crippen LogP contribution is -2.45. The Labute approximate surface area is 171 Å². The van der Waals surface area contributed by atoms with Gasteiger partial charge in [-0.1, -0.05) is 59.6 Å². The molecule has 0 saturated carbocycles. The lowest BCUT2D eigenvalue weighted by molar-refractivity contribution is -0.110. The molecule has 3 nitrogen and oxygen atoms in total. The minimum absolute atomic E-state index is 0.0480. The maximum Gasteiger partial charge on any atom is 0.207 e. The Morgan fingerprint density at radius 3 is 2.52 bits per heavy atom. The third-order valence-electron chi connectivity index (χ3n) is 5.34. The number of piperidine rings is 1. The number of amides is 1. The van der Waals surface area contributed by atoms with Crippen LogP contribution in [-0.4, -0.2) is 37.0 Å². The van der Waals surface area contributed by atoms with E-state index in [1.54, 1.807) is 6.07 Å². The molecule has 1 fully saturated rings. The Hall–Kier alpha value is -1.55. The van der Waals surface area contributed by atoms with Crippen LogP contribution in [0.15, 0.2) is 48.5 Å². The van der Waals surface area contributed by atoms with E-state index in [-0.39, 0.29) is 6.04 Å². The zero-order valence-electron chi connectivity index (χ0n) is 15.4. The summed E-state index contributed by atoms with van der Waals surface area (Å²) < 4.78 is 0. The Morgan fingerprint density at radius 2 is 1.85 bits per heavy atom. The highest BCUT2D eigenvalue weighted by molar-refractivity contribution is 6.35. The van der Waals surface area contributed by atoms with E-state index in [9.17, 15) is 4.79 Å². The highest BCUT2D eigenvalue weighted by atomic mass is 35.5. The normalized spacial score (nSPS) is 16.8. The van der Waals surface area contributed by atoms with Gasteiger partial charge in [0.05, 0.1) is 0 Å².